The van der Waals surface area contributed by atoms with Crippen LogP contribution in [-0.2, 0) is 9.53 Å². The van der Waals surface area contributed by atoms with Crippen molar-refractivity contribution in [1.29, 1.82) is 0 Å². The van der Waals surface area contributed by atoms with Gasteiger partial charge in [0.15, 0.2) is 6.61 Å². The molecule has 1 aliphatic rings. The van der Waals surface area contributed by atoms with Crippen molar-refractivity contribution in [2.45, 2.75) is 0 Å². The molecule has 108 valence electrons. The molecule has 1 amide bonds. The molecule has 0 unspecified atom stereocenters. The molecule has 5 nitrogen and oxygen atoms in total. The Hall–Kier alpha value is -1.73. The van der Waals surface area contributed by atoms with Crippen LogP contribution in [0.2, 0.25) is 0 Å². The van der Waals surface area contributed by atoms with E-state index >= 15 is 0 Å². The highest BCUT2D eigenvalue weighted by Crippen LogP contribution is 2.16. The number of ether oxygens (including phenoxy) is 2. The second kappa shape index (κ2) is 6.62. The van der Waals surface area contributed by atoms with Crippen LogP contribution in [0.15, 0.2) is 18.2 Å². The zero-order chi connectivity index (χ0) is 14.5. The molecule has 1 aromatic carbocycles. The first-order valence-electron chi connectivity index (χ1n) is 6.15. The number of carbonyl (C=O) groups excluding carboxylic acids is 1. The van der Waals surface area contributed by atoms with Crippen LogP contribution < -0.4 is 10.5 Å². The zero-order valence-electron chi connectivity index (χ0n) is 10.8. The summed E-state index contributed by atoms with van der Waals surface area (Å²) in [4.78, 5) is 13.5. The van der Waals surface area contributed by atoms with Crippen molar-refractivity contribution in [2.24, 2.45) is 5.73 Å². The summed E-state index contributed by atoms with van der Waals surface area (Å²) >= 11 is 4.71. The number of hydrogen-bond donors (Lipinski definition) is 1. The number of hydrogen-bond acceptors (Lipinski definition) is 4. The number of nitrogens with two attached hydrogens (primary N) is 1. The molecule has 2 N–H and O–H groups in total. The summed E-state index contributed by atoms with van der Waals surface area (Å²) in [5.74, 6) is -0.440. The summed E-state index contributed by atoms with van der Waals surface area (Å²) in [5.41, 5.74) is 5.52. The predicted octanol–water partition coefficient (Wildman–Crippen LogP) is 0.698. The lowest BCUT2D eigenvalue weighted by atomic mass is 10.2. The molecule has 0 aromatic heterocycles. The number of thiocarbonyl (C=S) groups is 1. The van der Waals surface area contributed by atoms with E-state index in [1.807, 2.05) is 0 Å². The van der Waals surface area contributed by atoms with E-state index < -0.39 is 5.82 Å². The SMILES string of the molecule is NC(=S)c1ccc(OCC(=O)N2CCOCC2)cc1F. The van der Waals surface area contributed by atoms with E-state index in [2.05, 4.69) is 0 Å². The smallest absolute Gasteiger partial charge is 0.260 e. The fraction of sp³-hybridized carbons (Fsp3) is 0.385. The van der Waals surface area contributed by atoms with Gasteiger partial charge >= 0.3 is 0 Å². The average Bonchev–Trinajstić information content (AvgIpc) is 2.45. The molecule has 1 aliphatic heterocycles. The van der Waals surface area contributed by atoms with Crippen molar-refractivity contribution in [3.8, 4) is 5.75 Å². The van der Waals surface area contributed by atoms with Gasteiger partial charge in [-0.25, -0.2) is 4.39 Å². The first-order valence-corrected chi connectivity index (χ1v) is 6.56. The van der Waals surface area contributed by atoms with Gasteiger partial charge in [-0.05, 0) is 12.1 Å². The summed E-state index contributed by atoms with van der Waals surface area (Å²) in [6.07, 6.45) is 0. The van der Waals surface area contributed by atoms with E-state index in [1.54, 1.807) is 4.90 Å². The second-order valence-electron chi connectivity index (χ2n) is 4.29. The predicted molar refractivity (Wildman–Crippen MR) is 75.2 cm³/mol. The number of morpholine rings is 1. The van der Waals surface area contributed by atoms with Crippen molar-refractivity contribution in [2.75, 3.05) is 32.9 Å². The largest absolute Gasteiger partial charge is 0.484 e. The van der Waals surface area contributed by atoms with Crippen molar-refractivity contribution in [3.05, 3.63) is 29.6 Å². The second-order valence-corrected chi connectivity index (χ2v) is 4.73. The number of rotatable bonds is 4. The summed E-state index contributed by atoms with van der Waals surface area (Å²) in [5, 5.41) is 0. The van der Waals surface area contributed by atoms with Gasteiger partial charge in [-0.3, -0.25) is 4.79 Å². The molecule has 1 aromatic rings. The highest BCUT2D eigenvalue weighted by Gasteiger charge is 2.17. The van der Waals surface area contributed by atoms with Crippen LogP contribution >= 0.6 is 12.2 Å². The molecular weight excluding hydrogens is 283 g/mol. The van der Waals surface area contributed by atoms with E-state index in [4.69, 9.17) is 27.4 Å². The molecule has 0 bridgehead atoms. The first kappa shape index (κ1) is 14.7. The Labute approximate surface area is 121 Å². The maximum absolute atomic E-state index is 13.6. The lowest BCUT2D eigenvalue weighted by Crippen LogP contribution is -2.42. The lowest BCUT2D eigenvalue weighted by molar-refractivity contribution is -0.137. The summed E-state index contributed by atoms with van der Waals surface area (Å²) in [7, 11) is 0. The molecule has 0 radical (unpaired) electrons. The Balaban J connectivity index is 1.92. The van der Waals surface area contributed by atoms with E-state index in [0.29, 0.717) is 26.3 Å². The highest BCUT2D eigenvalue weighted by molar-refractivity contribution is 7.80. The Bertz CT molecular complexity index is 518. The lowest BCUT2D eigenvalue weighted by Gasteiger charge is -2.26. The quantitative estimate of drug-likeness (QED) is 0.829. The fourth-order valence-electron chi connectivity index (χ4n) is 1.83. The number of amides is 1. The van der Waals surface area contributed by atoms with Gasteiger partial charge in [-0.1, -0.05) is 12.2 Å². The number of carbonyl (C=O) groups is 1. The van der Waals surface area contributed by atoms with Gasteiger partial charge in [0.1, 0.15) is 16.6 Å². The van der Waals surface area contributed by atoms with Crippen LogP contribution in [-0.4, -0.2) is 48.7 Å². The maximum Gasteiger partial charge on any atom is 0.260 e. The van der Waals surface area contributed by atoms with Gasteiger partial charge in [0.25, 0.3) is 5.91 Å². The first-order chi connectivity index (χ1) is 9.58. The molecule has 0 spiro atoms. The molecule has 1 heterocycles. The number of benzene rings is 1. The molecule has 0 atom stereocenters. The van der Waals surface area contributed by atoms with Crippen LogP contribution in [0.5, 0.6) is 5.75 Å². The Morgan fingerprint density at radius 1 is 1.45 bits per heavy atom. The fourth-order valence-corrected chi connectivity index (χ4v) is 2.00. The summed E-state index contributed by atoms with van der Waals surface area (Å²) in [6.45, 7) is 2.03. The van der Waals surface area contributed by atoms with Crippen LogP contribution in [0, 0.1) is 5.82 Å². The van der Waals surface area contributed by atoms with Crippen LogP contribution in [0.1, 0.15) is 5.56 Å². The molecule has 7 heteroatoms. The summed E-state index contributed by atoms with van der Waals surface area (Å²) in [6, 6.07) is 4.14. The third-order valence-corrected chi connectivity index (χ3v) is 3.15. The Kier molecular flexibility index (Phi) is 4.86. The van der Waals surface area contributed by atoms with Crippen molar-refractivity contribution >= 4 is 23.1 Å². The van der Waals surface area contributed by atoms with Gasteiger partial charge < -0.3 is 20.1 Å². The normalized spacial score (nSPS) is 14.9. The van der Waals surface area contributed by atoms with Crippen LogP contribution in [0.25, 0.3) is 0 Å². The zero-order valence-corrected chi connectivity index (χ0v) is 11.6. The molecule has 2 rings (SSSR count). The van der Waals surface area contributed by atoms with Gasteiger partial charge in [0, 0.05) is 24.7 Å². The molecule has 1 fully saturated rings. The minimum absolute atomic E-state index is 0.0153. The molecule has 0 aliphatic carbocycles. The Morgan fingerprint density at radius 2 is 2.15 bits per heavy atom. The third-order valence-electron chi connectivity index (χ3n) is 2.93. The maximum atomic E-state index is 13.6. The van der Waals surface area contributed by atoms with Gasteiger partial charge in [0.05, 0.1) is 13.2 Å². The van der Waals surface area contributed by atoms with Gasteiger partial charge in [-0.2, -0.15) is 0 Å². The molecular formula is C13H15FN2O3S. The molecule has 0 saturated carbocycles. The van der Waals surface area contributed by atoms with E-state index in [-0.39, 0.29) is 28.8 Å². The third kappa shape index (κ3) is 3.64. The van der Waals surface area contributed by atoms with E-state index in [1.165, 1.54) is 18.2 Å². The minimum Gasteiger partial charge on any atom is -0.484 e. The molecule has 1 saturated heterocycles. The highest BCUT2D eigenvalue weighted by atomic mass is 32.1. The number of halogens is 1. The molecule has 20 heavy (non-hydrogen) atoms. The van der Waals surface area contributed by atoms with Crippen molar-refractivity contribution in [1.82, 2.24) is 4.90 Å². The topological polar surface area (TPSA) is 64.8 Å². The average molecular weight is 298 g/mol. The van der Waals surface area contributed by atoms with Crippen molar-refractivity contribution < 1.29 is 18.7 Å². The van der Waals surface area contributed by atoms with Crippen LogP contribution in [0.3, 0.4) is 0 Å². The number of nitrogens with zero attached hydrogens (tertiary/aromatic N) is 1. The standard InChI is InChI=1S/C13H15FN2O3S/c14-11-7-9(1-2-10(11)13(15)20)19-8-12(17)16-3-5-18-6-4-16/h1-2,7H,3-6,8H2,(H2,15,20). The van der Waals surface area contributed by atoms with Crippen molar-refractivity contribution in [3.63, 3.8) is 0 Å². The van der Waals surface area contributed by atoms with Gasteiger partial charge in [0.2, 0.25) is 0 Å². The van der Waals surface area contributed by atoms with E-state index in [9.17, 15) is 9.18 Å². The summed E-state index contributed by atoms with van der Waals surface area (Å²) < 4.78 is 24.1. The monoisotopic (exact) mass is 298 g/mol. The van der Waals surface area contributed by atoms with Gasteiger partial charge in [-0.15, -0.1) is 0 Å². The van der Waals surface area contributed by atoms with Crippen LogP contribution in [0.4, 0.5) is 4.39 Å². The minimum atomic E-state index is -0.561. The van der Waals surface area contributed by atoms with E-state index in [0.717, 1.165) is 0 Å². The Morgan fingerprint density at radius 3 is 2.75 bits per heavy atom.